The molecule has 0 spiro atoms. The Morgan fingerprint density at radius 2 is 2.08 bits per heavy atom. The van der Waals surface area contributed by atoms with E-state index < -0.39 is 15.1 Å². The van der Waals surface area contributed by atoms with Crippen LogP contribution >= 0.6 is 0 Å². The topological polar surface area (TPSA) is 79.4 Å². The van der Waals surface area contributed by atoms with E-state index >= 15 is 0 Å². The maximum Gasteiger partial charge on any atom is 0.317 e. The minimum Gasteiger partial charge on any atom is -0.338 e. The molecular weight excluding hydrogens is 326 g/mol. The smallest absolute Gasteiger partial charge is 0.317 e. The highest BCUT2D eigenvalue weighted by molar-refractivity contribution is 7.91. The zero-order chi connectivity index (χ0) is 17.2. The Balaban J connectivity index is 1.51. The van der Waals surface area contributed by atoms with Gasteiger partial charge in [-0.3, -0.25) is 4.98 Å². The summed E-state index contributed by atoms with van der Waals surface area (Å²) in [6.45, 7) is 1.24. The van der Waals surface area contributed by atoms with Crippen molar-refractivity contribution in [1.29, 1.82) is 0 Å². The average molecular weight is 347 g/mol. The molecule has 0 radical (unpaired) electrons. The van der Waals surface area contributed by atoms with Crippen LogP contribution in [-0.4, -0.2) is 55.5 Å². The first-order valence-corrected chi connectivity index (χ1v) is 9.95. The van der Waals surface area contributed by atoms with E-state index in [1.807, 2.05) is 36.4 Å². The number of pyridine rings is 1. The number of rotatable bonds is 4. The molecule has 2 amide bonds. The van der Waals surface area contributed by atoms with Gasteiger partial charge in [0, 0.05) is 43.4 Å². The molecular formula is C17H21N3O3S. The number of urea groups is 1. The number of hydrogen-bond donors (Lipinski definition) is 1. The number of carbonyl (C=O) groups excluding carboxylic acids is 1. The van der Waals surface area contributed by atoms with Crippen LogP contribution in [0.4, 0.5) is 4.79 Å². The average Bonchev–Trinajstić information content (AvgIpc) is 3.05. The first-order chi connectivity index (χ1) is 11.4. The van der Waals surface area contributed by atoms with Crippen LogP contribution in [0.2, 0.25) is 0 Å². The molecule has 1 aliphatic rings. The summed E-state index contributed by atoms with van der Waals surface area (Å²) >= 11 is 0. The number of nitrogens with one attached hydrogen (secondary N) is 1. The highest BCUT2D eigenvalue weighted by Gasteiger charge is 2.32. The van der Waals surface area contributed by atoms with Gasteiger partial charge >= 0.3 is 6.03 Å². The van der Waals surface area contributed by atoms with Crippen molar-refractivity contribution in [1.82, 2.24) is 15.2 Å². The molecule has 24 heavy (non-hydrogen) atoms. The van der Waals surface area contributed by atoms with Crippen molar-refractivity contribution < 1.29 is 13.2 Å². The summed E-state index contributed by atoms with van der Waals surface area (Å²) in [5, 5.41) is 3.50. The van der Waals surface area contributed by atoms with Crippen molar-refractivity contribution in [2.45, 2.75) is 18.1 Å². The van der Waals surface area contributed by atoms with Gasteiger partial charge < -0.3 is 10.2 Å². The molecule has 0 saturated carbocycles. The lowest BCUT2D eigenvalue weighted by Crippen LogP contribution is -2.40. The van der Waals surface area contributed by atoms with Crippen molar-refractivity contribution in [3.63, 3.8) is 0 Å². The Bertz CT molecular complexity index is 851. The van der Waals surface area contributed by atoms with Crippen molar-refractivity contribution in [3.05, 3.63) is 42.1 Å². The standard InChI is InChI=1S/C17H21N3O3S/c1-24(22,23)15-9-11-20(12-15)17(21)18-10-8-14-7-6-13-4-2-3-5-16(13)19-14/h2-7,15H,8-12H2,1H3,(H,18,21). The van der Waals surface area contributed by atoms with Gasteiger partial charge in [0.05, 0.1) is 10.8 Å². The number of nitrogens with zero attached hydrogens (tertiary/aromatic N) is 2. The zero-order valence-electron chi connectivity index (χ0n) is 13.6. The number of benzene rings is 1. The third-order valence-corrected chi connectivity index (χ3v) is 5.95. The summed E-state index contributed by atoms with van der Waals surface area (Å²) in [4.78, 5) is 18.3. The molecule has 1 fully saturated rings. The summed E-state index contributed by atoms with van der Waals surface area (Å²) in [5.41, 5.74) is 1.86. The lowest BCUT2D eigenvalue weighted by molar-refractivity contribution is 0.209. The summed E-state index contributed by atoms with van der Waals surface area (Å²) in [6.07, 6.45) is 2.38. The quantitative estimate of drug-likeness (QED) is 0.911. The first-order valence-electron chi connectivity index (χ1n) is 8.00. The largest absolute Gasteiger partial charge is 0.338 e. The van der Waals surface area contributed by atoms with E-state index in [1.54, 1.807) is 4.90 Å². The number of likely N-dealkylation sites (tertiary alicyclic amines) is 1. The van der Waals surface area contributed by atoms with Crippen LogP contribution in [0.25, 0.3) is 10.9 Å². The molecule has 1 unspecified atom stereocenters. The van der Waals surface area contributed by atoms with Gasteiger partial charge in [-0.05, 0) is 18.6 Å². The number of sulfone groups is 1. The Morgan fingerprint density at radius 3 is 2.83 bits per heavy atom. The van der Waals surface area contributed by atoms with Crippen LogP contribution in [0.1, 0.15) is 12.1 Å². The molecule has 1 aliphatic heterocycles. The maximum absolute atomic E-state index is 12.1. The number of aromatic nitrogens is 1. The molecule has 0 aliphatic carbocycles. The summed E-state index contributed by atoms with van der Waals surface area (Å²) in [6, 6.07) is 11.7. The third-order valence-electron chi connectivity index (χ3n) is 4.35. The second kappa shape index (κ2) is 6.76. The van der Waals surface area contributed by atoms with E-state index in [9.17, 15) is 13.2 Å². The van der Waals surface area contributed by atoms with Gasteiger partial charge in [-0.15, -0.1) is 0 Å². The monoisotopic (exact) mass is 347 g/mol. The van der Waals surface area contributed by atoms with E-state index in [4.69, 9.17) is 0 Å². The van der Waals surface area contributed by atoms with Gasteiger partial charge in [0.25, 0.3) is 0 Å². The first kappa shape index (κ1) is 16.7. The van der Waals surface area contributed by atoms with Gasteiger partial charge in [-0.2, -0.15) is 0 Å². The number of fused-ring (bicyclic) bond motifs is 1. The molecule has 6 nitrogen and oxygen atoms in total. The van der Waals surface area contributed by atoms with Gasteiger partial charge in [0.15, 0.2) is 9.84 Å². The maximum atomic E-state index is 12.1. The molecule has 1 aromatic carbocycles. The molecule has 2 aromatic rings. The van der Waals surface area contributed by atoms with Gasteiger partial charge in [0.2, 0.25) is 0 Å². The molecule has 128 valence electrons. The Labute approximate surface area is 141 Å². The molecule has 7 heteroatoms. The van der Waals surface area contributed by atoms with E-state index in [1.165, 1.54) is 6.26 Å². The van der Waals surface area contributed by atoms with Crippen molar-refractivity contribution in [2.75, 3.05) is 25.9 Å². The fourth-order valence-corrected chi connectivity index (χ4v) is 3.90. The zero-order valence-corrected chi connectivity index (χ0v) is 14.4. The minimum atomic E-state index is -3.08. The summed E-state index contributed by atoms with van der Waals surface area (Å²) in [7, 11) is -3.08. The Morgan fingerprint density at radius 1 is 1.29 bits per heavy atom. The van der Waals surface area contributed by atoms with Crippen molar-refractivity contribution >= 4 is 26.8 Å². The third kappa shape index (κ3) is 3.84. The molecule has 1 N–H and O–H groups in total. The number of para-hydroxylation sites is 1. The SMILES string of the molecule is CS(=O)(=O)C1CCN(C(=O)NCCc2ccc3ccccc3n2)C1. The highest BCUT2D eigenvalue weighted by atomic mass is 32.2. The molecule has 2 heterocycles. The second-order valence-electron chi connectivity index (χ2n) is 6.16. The van der Waals surface area contributed by atoms with Gasteiger partial charge in [0.1, 0.15) is 0 Å². The van der Waals surface area contributed by atoms with E-state index in [-0.39, 0.29) is 12.6 Å². The summed E-state index contributed by atoms with van der Waals surface area (Å²) < 4.78 is 23.1. The van der Waals surface area contributed by atoms with E-state index in [2.05, 4.69) is 10.3 Å². The van der Waals surface area contributed by atoms with Crippen LogP contribution in [0, 0.1) is 0 Å². The van der Waals surface area contributed by atoms with Gasteiger partial charge in [-0.1, -0.05) is 24.3 Å². The normalized spacial score (nSPS) is 18.0. The van der Waals surface area contributed by atoms with E-state index in [0.717, 1.165) is 16.6 Å². The Kier molecular flexibility index (Phi) is 4.71. The van der Waals surface area contributed by atoms with E-state index in [0.29, 0.717) is 25.9 Å². The Hall–Kier alpha value is -2.15. The van der Waals surface area contributed by atoms with Gasteiger partial charge in [-0.25, -0.2) is 13.2 Å². The molecule has 1 saturated heterocycles. The number of carbonyl (C=O) groups is 1. The molecule has 0 bridgehead atoms. The highest BCUT2D eigenvalue weighted by Crippen LogP contribution is 2.16. The van der Waals surface area contributed by atoms with Crippen LogP contribution in [0.15, 0.2) is 36.4 Å². The second-order valence-corrected chi connectivity index (χ2v) is 8.49. The van der Waals surface area contributed by atoms with Crippen molar-refractivity contribution in [2.24, 2.45) is 0 Å². The predicted molar refractivity (Wildman–Crippen MR) is 93.7 cm³/mol. The van der Waals surface area contributed by atoms with Crippen molar-refractivity contribution in [3.8, 4) is 0 Å². The minimum absolute atomic E-state index is 0.207. The summed E-state index contributed by atoms with van der Waals surface area (Å²) in [5.74, 6) is 0. The van der Waals surface area contributed by atoms with Crippen LogP contribution in [-0.2, 0) is 16.3 Å². The lowest BCUT2D eigenvalue weighted by Gasteiger charge is -2.17. The molecule has 3 rings (SSSR count). The number of hydrogen-bond acceptors (Lipinski definition) is 4. The molecule has 1 atom stereocenters. The van der Waals surface area contributed by atoms with Crippen LogP contribution in [0.3, 0.4) is 0 Å². The number of amides is 2. The fraction of sp³-hybridized carbons (Fsp3) is 0.412. The lowest BCUT2D eigenvalue weighted by atomic mass is 10.2. The van der Waals surface area contributed by atoms with Crippen LogP contribution in [0.5, 0.6) is 0 Å². The fourth-order valence-electron chi connectivity index (χ4n) is 2.92. The molecule has 1 aromatic heterocycles. The predicted octanol–water partition coefficient (Wildman–Crippen LogP) is 1.61. The van der Waals surface area contributed by atoms with Crippen LogP contribution < -0.4 is 5.32 Å².